The number of nitrogens with one attached hydrogen (secondary N) is 1. The van der Waals surface area contributed by atoms with Crippen molar-refractivity contribution < 1.29 is 5.11 Å². The van der Waals surface area contributed by atoms with Gasteiger partial charge < -0.3 is 10.4 Å². The zero-order valence-corrected chi connectivity index (χ0v) is 10.8. The number of hydrogen-bond donors (Lipinski definition) is 2. The van der Waals surface area contributed by atoms with E-state index in [1.165, 1.54) is 16.7 Å². The molecule has 0 aliphatic heterocycles. The molecule has 1 aromatic rings. The van der Waals surface area contributed by atoms with E-state index in [4.69, 9.17) is 5.11 Å². The molecule has 2 heteroatoms. The molecule has 0 aliphatic rings. The lowest BCUT2D eigenvalue weighted by Gasteiger charge is -2.21. The molecule has 0 atom stereocenters. The minimum absolute atomic E-state index is 0.192. The second-order valence-corrected chi connectivity index (χ2v) is 5.29. The van der Waals surface area contributed by atoms with Gasteiger partial charge in [-0.25, -0.2) is 0 Å². The van der Waals surface area contributed by atoms with Crippen LogP contribution in [0.4, 0.5) is 0 Å². The van der Waals surface area contributed by atoms with Gasteiger partial charge in [-0.2, -0.15) is 0 Å². The van der Waals surface area contributed by atoms with E-state index >= 15 is 0 Å². The van der Waals surface area contributed by atoms with Crippen molar-refractivity contribution in [3.63, 3.8) is 0 Å². The van der Waals surface area contributed by atoms with E-state index in [-0.39, 0.29) is 12.0 Å². The van der Waals surface area contributed by atoms with Gasteiger partial charge in [0.2, 0.25) is 0 Å². The Kier molecular flexibility index (Phi) is 4.51. The average molecular weight is 221 g/mol. The fourth-order valence-corrected chi connectivity index (χ4v) is 1.63. The van der Waals surface area contributed by atoms with Crippen LogP contribution >= 0.6 is 0 Å². The van der Waals surface area contributed by atoms with E-state index in [0.29, 0.717) is 6.54 Å². The highest BCUT2D eigenvalue weighted by atomic mass is 16.3. The van der Waals surface area contributed by atoms with Gasteiger partial charge in [0.1, 0.15) is 0 Å². The van der Waals surface area contributed by atoms with Crippen molar-refractivity contribution >= 4 is 0 Å². The summed E-state index contributed by atoms with van der Waals surface area (Å²) < 4.78 is 0. The number of aliphatic hydroxyl groups is 1. The molecular formula is C14H23NO. The van der Waals surface area contributed by atoms with Gasteiger partial charge in [-0.3, -0.25) is 0 Å². The number of hydrogen-bond acceptors (Lipinski definition) is 2. The van der Waals surface area contributed by atoms with Gasteiger partial charge in [-0.1, -0.05) is 39.0 Å². The van der Waals surface area contributed by atoms with Crippen LogP contribution in [0, 0.1) is 6.92 Å². The Morgan fingerprint density at radius 3 is 2.50 bits per heavy atom. The maximum absolute atomic E-state index is 8.73. The first-order valence-corrected chi connectivity index (χ1v) is 5.86. The first-order chi connectivity index (χ1) is 7.45. The predicted molar refractivity (Wildman–Crippen MR) is 68.7 cm³/mol. The molecule has 2 N–H and O–H groups in total. The first-order valence-electron chi connectivity index (χ1n) is 5.86. The van der Waals surface area contributed by atoms with E-state index in [0.717, 1.165) is 6.54 Å². The van der Waals surface area contributed by atoms with Gasteiger partial charge in [0.05, 0.1) is 6.61 Å². The van der Waals surface area contributed by atoms with Gasteiger partial charge in [0, 0.05) is 13.1 Å². The maximum atomic E-state index is 8.73. The quantitative estimate of drug-likeness (QED) is 0.765. The summed E-state index contributed by atoms with van der Waals surface area (Å²) >= 11 is 0. The lowest BCUT2D eigenvalue weighted by atomic mass is 9.85. The van der Waals surface area contributed by atoms with Crippen molar-refractivity contribution in [1.82, 2.24) is 5.32 Å². The molecule has 90 valence electrons. The minimum atomic E-state index is 0.192. The van der Waals surface area contributed by atoms with Crippen LogP contribution in [0.3, 0.4) is 0 Å². The second kappa shape index (κ2) is 5.46. The molecule has 0 saturated heterocycles. The number of benzene rings is 1. The molecule has 1 aromatic carbocycles. The van der Waals surface area contributed by atoms with E-state index in [1.807, 2.05) is 0 Å². The second-order valence-electron chi connectivity index (χ2n) is 5.29. The molecule has 0 heterocycles. The summed E-state index contributed by atoms with van der Waals surface area (Å²) in [7, 11) is 0. The number of aryl methyl sites for hydroxylation is 1. The molecule has 0 spiro atoms. The number of aliphatic hydroxyl groups excluding tert-OH is 1. The Morgan fingerprint density at radius 1 is 1.25 bits per heavy atom. The molecular weight excluding hydrogens is 198 g/mol. The minimum Gasteiger partial charge on any atom is -0.395 e. The molecule has 0 bridgehead atoms. The lowest BCUT2D eigenvalue weighted by Crippen LogP contribution is -2.19. The number of rotatable bonds is 4. The SMILES string of the molecule is Cc1ccc(C(C)(C)C)cc1CNCCO. The third-order valence-electron chi connectivity index (χ3n) is 2.82. The zero-order chi connectivity index (χ0) is 12.2. The van der Waals surface area contributed by atoms with E-state index in [2.05, 4.69) is 51.2 Å². The van der Waals surface area contributed by atoms with Crippen molar-refractivity contribution in [2.24, 2.45) is 0 Å². The van der Waals surface area contributed by atoms with Crippen LogP contribution in [0.2, 0.25) is 0 Å². The van der Waals surface area contributed by atoms with Crippen molar-refractivity contribution in [2.45, 2.75) is 39.7 Å². The summed E-state index contributed by atoms with van der Waals surface area (Å²) in [6.07, 6.45) is 0. The summed E-state index contributed by atoms with van der Waals surface area (Å²) in [5.41, 5.74) is 4.18. The molecule has 0 aromatic heterocycles. The third-order valence-corrected chi connectivity index (χ3v) is 2.82. The van der Waals surface area contributed by atoms with Crippen LogP contribution in [0.5, 0.6) is 0 Å². The van der Waals surface area contributed by atoms with Gasteiger partial charge in [-0.15, -0.1) is 0 Å². The van der Waals surface area contributed by atoms with Gasteiger partial charge >= 0.3 is 0 Å². The Hall–Kier alpha value is -0.860. The summed E-state index contributed by atoms with van der Waals surface area (Å²) in [4.78, 5) is 0. The highest BCUT2D eigenvalue weighted by Gasteiger charge is 2.14. The molecule has 0 radical (unpaired) electrons. The zero-order valence-electron chi connectivity index (χ0n) is 10.8. The van der Waals surface area contributed by atoms with Crippen LogP contribution in [0.15, 0.2) is 18.2 Å². The molecule has 0 fully saturated rings. The Labute approximate surface area is 98.7 Å². The molecule has 2 nitrogen and oxygen atoms in total. The molecule has 0 amide bonds. The largest absolute Gasteiger partial charge is 0.395 e. The summed E-state index contributed by atoms with van der Waals surface area (Å²) in [5, 5.41) is 12.0. The van der Waals surface area contributed by atoms with Gasteiger partial charge in [0.15, 0.2) is 0 Å². The van der Waals surface area contributed by atoms with E-state index < -0.39 is 0 Å². The summed E-state index contributed by atoms with van der Waals surface area (Å²) in [6, 6.07) is 6.64. The Morgan fingerprint density at radius 2 is 1.94 bits per heavy atom. The van der Waals surface area contributed by atoms with Crippen molar-refractivity contribution in [1.29, 1.82) is 0 Å². The smallest absolute Gasteiger partial charge is 0.0556 e. The summed E-state index contributed by atoms with van der Waals surface area (Å²) in [5.74, 6) is 0. The van der Waals surface area contributed by atoms with Crippen LogP contribution in [-0.2, 0) is 12.0 Å². The van der Waals surface area contributed by atoms with Gasteiger partial charge in [-0.05, 0) is 29.0 Å². The fourth-order valence-electron chi connectivity index (χ4n) is 1.63. The standard InChI is InChI=1S/C14H23NO/c1-11-5-6-13(14(2,3)4)9-12(11)10-15-7-8-16/h5-6,9,15-16H,7-8,10H2,1-4H3. The third kappa shape index (κ3) is 3.62. The Bertz CT molecular complexity index is 339. The molecule has 0 aliphatic carbocycles. The van der Waals surface area contributed by atoms with E-state index in [9.17, 15) is 0 Å². The highest BCUT2D eigenvalue weighted by molar-refractivity contribution is 5.34. The van der Waals surface area contributed by atoms with Crippen LogP contribution < -0.4 is 5.32 Å². The molecule has 0 saturated carbocycles. The van der Waals surface area contributed by atoms with Gasteiger partial charge in [0.25, 0.3) is 0 Å². The predicted octanol–water partition coefficient (Wildman–Crippen LogP) is 2.37. The topological polar surface area (TPSA) is 32.3 Å². The lowest BCUT2D eigenvalue weighted by molar-refractivity contribution is 0.292. The first kappa shape index (κ1) is 13.2. The average Bonchev–Trinajstić information content (AvgIpc) is 2.19. The van der Waals surface area contributed by atoms with Crippen molar-refractivity contribution in [3.8, 4) is 0 Å². The normalized spacial score (nSPS) is 11.8. The molecule has 16 heavy (non-hydrogen) atoms. The molecule has 0 unspecified atom stereocenters. The Balaban J connectivity index is 2.83. The van der Waals surface area contributed by atoms with E-state index in [1.54, 1.807) is 0 Å². The monoisotopic (exact) mass is 221 g/mol. The maximum Gasteiger partial charge on any atom is 0.0556 e. The fraction of sp³-hybridized carbons (Fsp3) is 0.571. The van der Waals surface area contributed by atoms with Crippen LogP contribution in [0.1, 0.15) is 37.5 Å². The molecule has 1 rings (SSSR count). The highest BCUT2D eigenvalue weighted by Crippen LogP contribution is 2.24. The van der Waals surface area contributed by atoms with Crippen molar-refractivity contribution in [3.05, 3.63) is 34.9 Å². The summed E-state index contributed by atoms with van der Waals surface area (Å²) in [6.45, 7) is 10.5. The van der Waals surface area contributed by atoms with Crippen molar-refractivity contribution in [2.75, 3.05) is 13.2 Å². The van der Waals surface area contributed by atoms with Crippen LogP contribution in [-0.4, -0.2) is 18.3 Å². The van der Waals surface area contributed by atoms with Crippen LogP contribution in [0.25, 0.3) is 0 Å².